The van der Waals surface area contributed by atoms with Gasteiger partial charge in [-0.15, -0.1) is 0 Å². The Balaban J connectivity index is 2.25. The van der Waals surface area contributed by atoms with E-state index in [0.717, 1.165) is 0 Å². The lowest BCUT2D eigenvalue weighted by atomic mass is 9.89. The summed E-state index contributed by atoms with van der Waals surface area (Å²) in [6, 6.07) is -0.767. The van der Waals surface area contributed by atoms with E-state index in [-0.39, 0.29) is 6.61 Å². The van der Waals surface area contributed by atoms with Crippen molar-refractivity contribution in [3.05, 3.63) is 0 Å². The second-order valence-corrected chi connectivity index (χ2v) is 3.53. The van der Waals surface area contributed by atoms with Crippen molar-refractivity contribution in [2.75, 3.05) is 13.2 Å². The molecule has 2 aliphatic rings. The van der Waals surface area contributed by atoms with Crippen LogP contribution >= 0.6 is 0 Å². The SMILES string of the molecule is N[C@H]1[C@H]2OC[C@](CO)(O2)[C@H](O)[C@@H]1O. The molecule has 2 saturated heterocycles. The van der Waals surface area contributed by atoms with Crippen molar-refractivity contribution in [2.45, 2.75) is 30.1 Å². The summed E-state index contributed by atoms with van der Waals surface area (Å²) in [5.74, 6) is 0. The fraction of sp³-hybridized carbons (Fsp3) is 1.00. The zero-order chi connectivity index (χ0) is 9.64. The molecule has 0 spiro atoms. The van der Waals surface area contributed by atoms with Crippen molar-refractivity contribution in [1.29, 1.82) is 0 Å². The highest BCUT2D eigenvalue weighted by atomic mass is 16.7. The minimum atomic E-state index is -1.20. The van der Waals surface area contributed by atoms with Gasteiger partial charge in [0.1, 0.15) is 17.8 Å². The summed E-state index contributed by atoms with van der Waals surface area (Å²) in [5.41, 5.74) is 4.33. The summed E-state index contributed by atoms with van der Waals surface area (Å²) < 4.78 is 10.3. The maximum atomic E-state index is 9.59. The number of rotatable bonds is 1. The summed E-state index contributed by atoms with van der Waals surface area (Å²) in [6.07, 6.45) is -3.05. The van der Waals surface area contributed by atoms with Crippen LogP contribution in [0.1, 0.15) is 0 Å². The Morgan fingerprint density at radius 1 is 1.46 bits per heavy atom. The zero-order valence-corrected chi connectivity index (χ0v) is 6.96. The second-order valence-electron chi connectivity index (χ2n) is 3.53. The van der Waals surface area contributed by atoms with E-state index in [2.05, 4.69) is 0 Å². The predicted octanol–water partition coefficient (Wildman–Crippen LogP) is -2.85. The first-order chi connectivity index (χ1) is 6.10. The highest BCUT2D eigenvalue weighted by Crippen LogP contribution is 2.35. The van der Waals surface area contributed by atoms with Crippen molar-refractivity contribution in [3.63, 3.8) is 0 Å². The van der Waals surface area contributed by atoms with Gasteiger partial charge < -0.3 is 30.5 Å². The Morgan fingerprint density at radius 3 is 2.77 bits per heavy atom. The molecule has 13 heavy (non-hydrogen) atoms. The summed E-state index contributed by atoms with van der Waals surface area (Å²) >= 11 is 0. The van der Waals surface area contributed by atoms with Crippen LogP contribution in [0.2, 0.25) is 0 Å². The van der Waals surface area contributed by atoms with E-state index in [1.165, 1.54) is 0 Å². The van der Waals surface area contributed by atoms with Crippen molar-refractivity contribution in [1.82, 2.24) is 0 Å². The molecule has 2 rings (SSSR count). The Labute approximate surface area is 74.9 Å². The third-order valence-electron chi connectivity index (χ3n) is 2.68. The van der Waals surface area contributed by atoms with E-state index in [4.69, 9.17) is 20.3 Å². The quantitative estimate of drug-likeness (QED) is 0.355. The smallest absolute Gasteiger partial charge is 0.176 e. The molecular formula is C7H13NO5. The van der Waals surface area contributed by atoms with Crippen LogP contribution < -0.4 is 5.73 Å². The maximum absolute atomic E-state index is 9.59. The fourth-order valence-electron chi connectivity index (χ4n) is 1.73. The lowest BCUT2D eigenvalue weighted by molar-refractivity contribution is -0.228. The van der Waals surface area contributed by atoms with Gasteiger partial charge in [-0.2, -0.15) is 0 Å². The predicted molar refractivity (Wildman–Crippen MR) is 40.6 cm³/mol. The molecule has 0 aromatic heterocycles. The fourth-order valence-corrected chi connectivity index (χ4v) is 1.73. The normalized spacial score (nSPS) is 55.4. The van der Waals surface area contributed by atoms with Gasteiger partial charge in [0.05, 0.1) is 19.3 Å². The van der Waals surface area contributed by atoms with Crippen LogP contribution in [-0.4, -0.2) is 58.7 Å². The third-order valence-corrected chi connectivity index (χ3v) is 2.68. The van der Waals surface area contributed by atoms with Crippen molar-refractivity contribution in [2.24, 2.45) is 5.73 Å². The van der Waals surface area contributed by atoms with E-state index in [1.807, 2.05) is 0 Å². The molecule has 6 nitrogen and oxygen atoms in total. The maximum Gasteiger partial charge on any atom is 0.176 e. The molecule has 0 amide bonds. The number of fused-ring (bicyclic) bond motifs is 2. The molecule has 0 radical (unpaired) electrons. The molecule has 2 aliphatic heterocycles. The number of hydrogen-bond donors (Lipinski definition) is 4. The van der Waals surface area contributed by atoms with Gasteiger partial charge in [-0.1, -0.05) is 0 Å². The van der Waals surface area contributed by atoms with Gasteiger partial charge in [0.25, 0.3) is 0 Å². The van der Waals surface area contributed by atoms with Crippen LogP contribution in [0.4, 0.5) is 0 Å². The molecule has 0 saturated carbocycles. The Kier molecular flexibility index (Phi) is 2.06. The molecule has 2 heterocycles. The lowest BCUT2D eigenvalue weighted by Gasteiger charge is -2.40. The summed E-state index contributed by atoms with van der Waals surface area (Å²) in [6.45, 7) is -0.339. The summed E-state index contributed by atoms with van der Waals surface area (Å²) in [5, 5.41) is 28.1. The molecule has 2 bridgehead atoms. The minimum absolute atomic E-state index is 0.0556. The van der Waals surface area contributed by atoms with Crippen LogP contribution in [0.15, 0.2) is 0 Å². The third kappa shape index (κ3) is 1.11. The topological polar surface area (TPSA) is 105 Å². The van der Waals surface area contributed by atoms with Gasteiger partial charge in [-0.3, -0.25) is 0 Å². The van der Waals surface area contributed by atoms with E-state index in [9.17, 15) is 10.2 Å². The van der Waals surface area contributed by atoms with Crippen LogP contribution in [0.3, 0.4) is 0 Å². The molecule has 2 fully saturated rings. The van der Waals surface area contributed by atoms with Crippen molar-refractivity contribution < 1.29 is 24.8 Å². The number of hydrogen-bond acceptors (Lipinski definition) is 6. The molecule has 0 unspecified atom stereocenters. The number of aliphatic hydroxyl groups is 3. The van der Waals surface area contributed by atoms with Crippen molar-refractivity contribution >= 4 is 0 Å². The molecule has 5 N–H and O–H groups in total. The van der Waals surface area contributed by atoms with Gasteiger partial charge in [-0.25, -0.2) is 0 Å². The molecular weight excluding hydrogens is 178 g/mol. The first-order valence-corrected chi connectivity index (χ1v) is 4.13. The lowest BCUT2D eigenvalue weighted by Crippen LogP contribution is -2.64. The van der Waals surface area contributed by atoms with Crippen molar-refractivity contribution in [3.8, 4) is 0 Å². The van der Waals surface area contributed by atoms with E-state index in [0.29, 0.717) is 0 Å². The van der Waals surface area contributed by atoms with Crippen LogP contribution in [0.25, 0.3) is 0 Å². The van der Waals surface area contributed by atoms with E-state index < -0.39 is 36.7 Å². The molecule has 6 heteroatoms. The number of ether oxygens (including phenoxy) is 2. The standard InChI is InChI=1S/C7H13NO5/c8-3-4(10)5(11)7(1-9)2-12-6(3)13-7/h3-6,9-11H,1-2,8H2/t3-,4-,5-,6+,7+/m1/s1. The summed E-state index contributed by atoms with van der Waals surface area (Å²) in [7, 11) is 0. The summed E-state index contributed by atoms with van der Waals surface area (Å²) in [4.78, 5) is 0. The molecule has 76 valence electrons. The largest absolute Gasteiger partial charge is 0.393 e. The van der Waals surface area contributed by atoms with Crippen LogP contribution in [0.5, 0.6) is 0 Å². The van der Waals surface area contributed by atoms with Crippen LogP contribution in [0, 0.1) is 0 Å². The average molecular weight is 191 g/mol. The highest BCUT2D eigenvalue weighted by molar-refractivity contribution is 5.04. The Hall–Kier alpha value is -0.240. The monoisotopic (exact) mass is 191 g/mol. The average Bonchev–Trinajstić information content (AvgIpc) is 2.55. The number of aliphatic hydroxyl groups excluding tert-OH is 3. The first-order valence-electron chi connectivity index (χ1n) is 4.13. The number of nitrogens with two attached hydrogens (primary N) is 1. The first kappa shape index (κ1) is 9.32. The minimum Gasteiger partial charge on any atom is -0.393 e. The van der Waals surface area contributed by atoms with Gasteiger partial charge in [0.2, 0.25) is 0 Å². The van der Waals surface area contributed by atoms with Gasteiger partial charge in [0.15, 0.2) is 6.29 Å². The molecule has 0 aliphatic carbocycles. The zero-order valence-electron chi connectivity index (χ0n) is 6.96. The second kappa shape index (κ2) is 2.88. The molecule has 0 aromatic rings. The van der Waals surface area contributed by atoms with Gasteiger partial charge in [-0.05, 0) is 0 Å². The van der Waals surface area contributed by atoms with Gasteiger partial charge >= 0.3 is 0 Å². The molecule has 5 atom stereocenters. The van der Waals surface area contributed by atoms with Crippen LogP contribution in [-0.2, 0) is 9.47 Å². The Bertz CT molecular complexity index is 213. The van der Waals surface area contributed by atoms with E-state index >= 15 is 0 Å². The highest BCUT2D eigenvalue weighted by Gasteiger charge is 2.57. The van der Waals surface area contributed by atoms with Gasteiger partial charge in [0, 0.05) is 0 Å². The van der Waals surface area contributed by atoms with E-state index in [1.54, 1.807) is 0 Å². The Morgan fingerprint density at radius 2 is 2.15 bits per heavy atom. The molecule has 0 aromatic carbocycles.